The van der Waals surface area contributed by atoms with Gasteiger partial charge in [-0.2, -0.15) is 0 Å². The molecule has 3 heterocycles. The van der Waals surface area contributed by atoms with E-state index in [4.69, 9.17) is 9.72 Å². The molecular formula is C19H23N3O. The summed E-state index contributed by atoms with van der Waals surface area (Å²) in [4.78, 5) is 4.71. The van der Waals surface area contributed by atoms with E-state index in [1.54, 1.807) is 7.11 Å². The van der Waals surface area contributed by atoms with Crippen LogP contribution in [0.25, 0.3) is 22.3 Å². The summed E-state index contributed by atoms with van der Waals surface area (Å²) in [6, 6.07) is 6.81. The first-order chi connectivity index (χ1) is 11.2. The highest BCUT2D eigenvalue weighted by molar-refractivity contribution is 5.92. The van der Waals surface area contributed by atoms with Gasteiger partial charge in [0, 0.05) is 30.4 Å². The van der Waals surface area contributed by atoms with Crippen molar-refractivity contribution in [2.24, 2.45) is 7.05 Å². The van der Waals surface area contributed by atoms with Crippen molar-refractivity contribution in [3.8, 4) is 17.1 Å². The maximum absolute atomic E-state index is 5.43. The second-order valence-electron chi connectivity index (χ2n) is 6.50. The molecule has 1 aliphatic rings. The largest absolute Gasteiger partial charge is 0.497 e. The molecule has 0 saturated carbocycles. The van der Waals surface area contributed by atoms with E-state index in [2.05, 4.69) is 48.4 Å². The van der Waals surface area contributed by atoms with Crippen molar-refractivity contribution in [3.05, 3.63) is 35.8 Å². The van der Waals surface area contributed by atoms with Crippen LogP contribution in [-0.4, -0.2) is 21.2 Å². The van der Waals surface area contributed by atoms with Crippen LogP contribution in [0, 0.1) is 0 Å². The summed E-state index contributed by atoms with van der Waals surface area (Å²) in [5.41, 5.74) is 5.24. The maximum Gasteiger partial charge on any atom is 0.119 e. The predicted molar refractivity (Wildman–Crippen MR) is 93.1 cm³/mol. The van der Waals surface area contributed by atoms with Crippen LogP contribution in [0.4, 0.5) is 0 Å². The minimum Gasteiger partial charge on any atom is -0.497 e. The van der Waals surface area contributed by atoms with Gasteiger partial charge >= 0.3 is 0 Å². The topological polar surface area (TPSA) is 32.0 Å². The van der Waals surface area contributed by atoms with Gasteiger partial charge in [-0.1, -0.05) is 6.92 Å². The second-order valence-corrected chi connectivity index (χ2v) is 6.50. The molecule has 1 atom stereocenters. The molecule has 4 rings (SSSR count). The van der Waals surface area contributed by atoms with E-state index in [0.29, 0.717) is 6.04 Å². The molecule has 0 spiro atoms. The van der Waals surface area contributed by atoms with Gasteiger partial charge in [0.15, 0.2) is 0 Å². The number of fused-ring (bicyclic) bond motifs is 5. The molecule has 120 valence electrons. The number of aryl methyl sites for hydroxylation is 2. The van der Waals surface area contributed by atoms with Crippen molar-refractivity contribution in [2.75, 3.05) is 7.11 Å². The van der Waals surface area contributed by atoms with E-state index in [9.17, 15) is 0 Å². The van der Waals surface area contributed by atoms with Crippen molar-refractivity contribution in [2.45, 2.75) is 39.2 Å². The van der Waals surface area contributed by atoms with Crippen molar-refractivity contribution >= 4 is 10.9 Å². The van der Waals surface area contributed by atoms with E-state index in [-0.39, 0.29) is 0 Å². The highest BCUT2D eigenvalue weighted by Crippen LogP contribution is 2.42. The molecule has 1 aromatic carbocycles. The van der Waals surface area contributed by atoms with Crippen molar-refractivity contribution in [1.29, 1.82) is 0 Å². The third-order valence-electron chi connectivity index (χ3n) is 5.04. The third-order valence-corrected chi connectivity index (χ3v) is 5.04. The Labute approximate surface area is 136 Å². The molecule has 0 fully saturated rings. The Balaban J connectivity index is 2.00. The average molecular weight is 309 g/mol. The summed E-state index contributed by atoms with van der Waals surface area (Å²) in [7, 11) is 3.88. The first-order valence-corrected chi connectivity index (χ1v) is 8.37. The van der Waals surface area contributed by atoms with Crippen LogP contribution in [0.1, 0.15) is 37.7 Å². The van der Waals surface area contributed by atoms with Gasteiger partial charge < -0.3 is 13.9 Å². The zero-order valence-electron chi connectivity index (χ0n) is 14.3. The molecule has 23 heavy (non-hydrogen) atoms. The number of hydrogen-bond donors (Lipinski definition) is 0. The molecule has 0 aliphatic carbocycles. The van der Waals surface area contributed by atoms with Crippen LogP contribution in [0.15, 0.2) is 24.4 Å². The van der Waals surface area contributed by atoms with E-state index in [1.165, 1.54) is 33.7 Å². The van der Waals surface area contributed by atoms with Crippen LogP contribution in [-0.2, 0) is 19.9 Å². The molecule has 0 radical (unpaired) electrons. The molecule has 3 aromatic rings. The van der Waals surface area contributed by atoms with Gasteiger partial charge in [-0.15, -0.1) is 0 Å². The first-order valence-electron chi connectivity index (χ1n) is 8.37. The standard InChI is InChI=1S/C19H23N3O/c1-5-6-18-20-11-17-19-15(9-12(2)22(17)18)14-10-13(23-4)7-8-16(14)21(19)3/h7-8,10-12H,5-6,9H2,1-4H3. The second kappa shape index (κ2) is 5.15. The zero-order valence-corrected chi connectivity index (χ0v) is 14.3. The maximum atomic E-state index is 5.43. The van der Waals surface area contributed by atoms with Crippen LogP contribution in [0.2, 0.25) is 0 Å². The number of nitrogens with zero attached hydrogens (tertiary/aromatic N) is 3. The van der Waals surface area contributed by atoms with Gasteiger partial charge in [-0.25, -0.2) is 4.98 Å². The number of benzene rings is 1. The molecule has 2 aromatic heterocycles. The highest BCUT2D eigenvalue weighted by atomic mass is 16.5. The molecule has 0 N–H and O–H groups in total. The summed E-state index contributed by atoms with van der Waals surface area (Å²) in [5.74, 6) is 2.13. The van der Waals surface area contributed by atoms with E-state index in [0.717, 1.165) is 25.0 Å². The number of ether oxygens (including phenoxy) is 1. The quantitative estimate of drug-likeness (QED) is 0.729. The molecule has 1 unspecified atom stereocenters. The molecule has 0 amide bonds. The summed E-state index contributed by atoms with van der Waals surface area (Å²) in [5, 5.41) is 1.30. The fourth-order valence-electron chi connectivity index (χ4n) is 4.02. The summed E-state index contributed by atoms with van der Waals surface area (Å²) in [6.07, 6.45) is 5.26. The molecule has 4 heteroatoms. The molecule has 4 nitrogen and oxygen atoms in total. The monoisotopic (exact) mass is 309 g/mol. The van der Waals surface area contributed by atoms with E-state index >= 15 is 0 Å². The van der Waals surface area contributed by atoms with Gasteiger partial charge in [0.25, 0.3) is 0 Å². The Morgan fingerprint density at radius 1 is 1.35 bits per heavy atom. The van der Waals surface area contributed by atoms with Crippen LogP contribution in [0.3, 0.4) is 0 Å². The summed E-state index contributed by atoms with van der Waals surface area (Å²) in [6.45, 7) is 4.51. The van der Waals surface area contributed by atoms with Gasteiger partial charge in [-0.05, 0) is 43.5 Å². The lowest BCUT2D eigenvalue weighted by Crippen LogP contribution is -2.18. The van der Waals surface area contributed by atoms with E-state index in [1.807, 2.05) is 6.07 Å². The van der Waals surface area contributed by atoms with E-state index < -0.39 is 0 Å². The summed E-state index contributed by atoms with van der Waals surface area (Å²) < 4.78 is 10.2. The zero-order chi connectivity index (χ0) is 16.1. The molecule has 1 aliphatic heterocycles. The van der Waals surface area contributed by atoms with Crippen LogP contribution >= 0.6 is 0 Å². The van der Waals surface area contributed by atoms with Gasteiger partial charge in [0.1, 0.15) is 11.6 Å². The Hall–Kier alpha value is -2.23. The normalized spacial score (nSPS) is 16.4. The number of imidazole rings is 1. The van der Waals surface area contributed by atoms with Gasteiger partial charge in [-0.3, -0.25) is 0 Å². The van der Waals surface area contributed by atoms with Crippen molar-refractivity contribution < 1.29 is 4.74 Å². The number of hydrogen-bond acceptors (Lipinski definition) is 2. The molecule has 0 bridgehead atoms. The average Bonchev–Trinajstić information content (AvgIpc) is 3.08. The van der Waals surface area contributed by atoms with Crippen LogP contribution in [0.5, 0.6) is 5.75 Å². The number of methoxy groups -OCH3 is 1. The van der Waals surface area contributed by atoms with Crippen molar-refractivity contribution in [3.63, 3.8) is 0 Å². The predicted octanol–water partition coefficient (Wildman–Crippen LogP) is 4.12. The van der Waals surface area contributed by atoms with Gasteiger partial charge in [0.2, 0.25) is 0 Å². The number of aromatic nitrogens is 3. The minimum atomic E-state index is 0.443. The fraction of sp³-hybridized carbons (Fsp3) is 0.421. The Morgan fingerprint density at radius 2 is 2.17 bits per heavy atom. The first kappa shape index (κ1) is 14.4. The summed E-state index contributed by atoms with van der Waals surface area (Å²) >= 11 is 0. The Morgan fingerprint density at radius 3 is 2.91 bits per heavy atom. The lowest BCUT2D eigenvalue weighted by molar-refractivity contribution is 0.415. The lowest BCUT2D eigenvalue weighted by atomic mass is 9.97. The smallest absolute Gasteiger partial charge is 0.119 e. The SMILES string of the molecule is CCCc1ncc2n1C(C)Cc1c-2n(C)c2ccc(OC)cc12. The third kappa shape index (κ3) is 1.94. The molecule has 0 saturated heterocycles. The van der Waals surface area contributed by atoms with Crippen LogP contribution < -0.4 is 4.74 Å². The molecular weight excluding hydrogens is 286 g/mol. The minimum absolute atomic E-state index is 0.443. The van der Waals surface area contributed by atoms with Crippen molar-refractivity contribution in [1.82, 2.24) is 14.1 Å². The number of rotatable bonds is 3. The Bertz CT molecular complexity index is 888. The van der Waals surface area contributed by atoms with Gasteiger partial charge in [0.05, 0.1) is 24.7 Å². The fourth-order valence-corrected chi connectivity index (χ4v) is 4.02. The Kier molecular flexibility index (Phi) is 3.22. The highest BCUT2D eigenvalue weighted by Gasteiger charge is 2.29. The lowest BCUT2D eigenvalue weighted by Gasteiger charge is -2.25.